The number of nitrogens with zero attached hydrogens (tertiary/aromatic N) is 5. The minimum Gasteiger partial charge on any atom is -0.314 e. The first-order valence-electron chi connectivity index (χ1n) is 13.5. The van der Waals surface area contributed by atoms with Crippen molar-refractivity contribution in [2.75, 3.05) is 14.1 Å². The maximum atomic E-state index is 13.9. The van der Waals surface area contributed by atoms with Crippen LogP contribution in [0, 0.1) is 0 Å². The highest BCUT2D eigenvalue weighted by molar-refractivity contribution is 6.15. The molecular weight excluding hydrogens is 470 g/mol. The van der Waals surface area contributed by atoms with E-state index in [4.69, 9.17) is 9.98 Å². The molecule has 3 atom stereocenters. The van der Waals surface area contributed by atoms with Gasteiger partial charge in [0.25, 0.3) is 11.7 Å². The van der Waals surface area contributed by atoms with Crippen molar-refractivity contribution in [2.45, 2.75) is 44.3 Å². The van der Waals surface area contributed by atoms with E-state index in [0.717, 1.165) is 36.0 Å². The van der Waals surface area contributed by atoms with Crippen LogP contribution < -0.4 is 4.48 Å². The fraction of sp³-hybridized carbons (Fsp3) is 0.281. The van der Waals surface area contributed by atoms with Crippen molar-refractivity contribution in [1.29, 1.82) is 0 Å². The molecule has 7 rings (SSSR count). The van der Waals surface area contributed by atoms with Crippen molar-refractivity contribution >= 4 is 17.7 Å². The maximum absolute atomic E-state index is 13.9. The van der Waals surface area contributed by atoms with Gasteiger partial charge in [0.1, 0.15) is 17.9 Å². The SMILES string of the molecule is CN1C(=O)c2c(nc(Cc3ccc(-c4ccccc4)cc3)n2Cc2ccccc2)[N+]2(C)C1=NC1CCCC12. The first-order valence-corrected chi connectivity index (χ1v) is 13.5. The average Bonchev–Trinajstić information content (AvgIpc) is 3.64. The van der Waals surface area contributed by atoms with E-state index >= 15 is 0 Å². The Balaban J connectivity index is 1.33. The zero-order valence-corrected chi connectivity index (χ0v) is 21.9. The zero-order valence-electron chi connectivity index (χ0n) is 21.9. The summed E-state index contributed by atoms with van der Waals surface area (Å²) in [6, 6.07) is 30.1. The highest BCUT2D eigenvalue weighted by Crippen LogP contribution is 2.45. The van der Waals surface area contributed by atoms with E-state index in [1.807, 2.05) is 19.2 Å². The lowest BCUT2D eigenvalue weighted by atomic mass is 10.0. The van der Waals surface area contributed by atoms with Crippen molar-refractivity contribution in [2.24, 2.45) is 4.99 Å². The van der Waals surface area contributed by atoms with Crippen LogP contribution in [0.3, 0.4) is 0 Å². The third-order valence-corrected chi connectivity index (χ3v) is 8.69. The van der Waals surface area contributed by atoms with E-state index in [9.17, 15) is 4.79 Å². The molecule has 38 heavy (non-hydrogen) atoms. The summed E-state index contributed by atoms with van der Waals surface area (Å²) >= 11 is 0. The van der Waals surface area contributed by atoms with Crippen molar-refractivity contribution in [3.63, 3.8) is 0 Å². The van der Waals surface area contributed by atoms with Gasteiger partial charge in [-0.1, -0.05) is 84.9 Å². The van der Waals surface area contributed by atoms with Gasteiger partial charge in [0.2, 0.25) is 0 Å². The number of guanidine groups is 1. The minimum absolute atomic E-state index is 0.0107. The molecule has 0 radical (unpaired) electrons. The number of hydrogen-bond donors (Lipinski definition) is 0. The second kappa shape index (κ2) is 8.77. The maximum Gasteiger partial charge on any atom is 0.314 e. The van der Waals surface area contributed by atoms with Gasteiger partial charge in [0, 0.05) is 26.4 Å². The molecule has 6 nitrogen and oxygen atoms in total. The van der Waals surface area contributed by atoms with Gasteiger partial charge in [-0.3, -0.25) is 4.79 Å². The van der Waals surface area contributed by atoms with Crippen LogP contribution in [0.15, 0.2) is 89.9 Å². The number of fused-ring (bicyclic) bond motifs is 5. The average molecular weight is 503 g/mol. The molecule has 1 saturated carbocycles. The molecule has 0 bridgehead atoms. The number of aromatic nitrogens is 2. The number of imidazole rings is 1. The highest BCUT2D eigenvalue weighted by Gasteiger charge is 2.61. The Morgan fingerprint density at radius 3 is 2.29 bits per heavy atom. The Morgan fingerprint density at radius 2 is 1.55 bits per heavy atom. The summed E-state index contributed by atoms with van der Waals surface area (Å²) in [5, 5.41) is 0. The van der Waals surface area contributed by atoms with E-state index in [0.29, 0.717) is 29.2 Å². The lowest BCUT2D eigenvalue weighted by Gasteiger charge is -2.39. The molecule has 3 aliphatic rings. The first kappa shape index (κ1) is 23.1. The predicted molar refractivity (Wildman–Crippen MR) is 151 cm³/mol. The molecule has 4 aromatic rings. The number of carbonyl (C=O) groups excluding carboxylic acids is 1. The highest BCUT2D eigenvalue weighted by atomic mass is 16.2. The molecule has 0 saturated heterocycles. The van der Waals surface area contributed by atoms with Crippen LogP contribution in [0.1, 0.15) is 46.7 Å². The van der Waals surface area contributed by atoms with Gasteiger partial charge < -0.3 is 4.57 Å². The van der Waals surface area contributed by atoms with Gasteiger partial charge in [-0.05, 0) is 35.1 Å². The standard InChI is InChI=1S/C32H32N5O/c1-35-31(38)29-30(37(2)27-15-9-14-26(27)33-32(35)37)34-28(36(29)21-23-10-5-3-6-11-23)20-22-16-18-25(19-17-22)24-12-7-4-8-13-24/h3-8,10-13,16-19,26-27H,9,14-15,20-21H2,1-2H3/q+1. The smallest absolute Gasteiger partial charge is 0.314 e. The lowest BCUT2D eigenvalue weighted by molar-refractivity contribution is 0.0831. The lowest BCUT2D eigenvalue weighted by Crippen LogP contribution is -2.64. The van der Waals surface area contributed by atoms with Crippen LogP contribution in [-0.4, -0.2) is 52.5 Å². The summed E-state index contributed by atoms with van der Waals surface area (Å²) in [6.45, 7) is 0.612. The topological polar surface area (TPSA) is 50.5 Å². The number of amides is 1. The Kier molecular flexibility index (Phi) is 5.34. The van der Waals surface area contributed by atoms with Gasteiger partial charge in [-0.25, -0.2) is 14.4 Å². The van der Waals surface area contributed by atoms with Crippen LogP contribution in [0.4, 0.5) is 5.82 Å². The predicted octanol–water partition coefficient (Wildman–Crippen LogP) is 5.50. The van der Waals surface area contributed by atoms with Gasteiger partial charge in [0.15, 0.2) is 5.69 Å². The molecule has 1 fully saturated rings. The summed E-state index contributed by atoms with van der Waals surface area (Å²) in [4.78, 5) is 26.0. The van der Waals surface area contributed by atoms with Gasteiger partial charge >= 0.3 is 5.96 Å². The minimum atomic E-state index is -0.0107. The molecule has 2 aliphatic heterocycles. The van der Waals surface area contributed by atoms with Crippen molar-refractivity contribution in [1.82, 2.24) is 18.9 Å². The molecule has 1 amide bonds. The quantitative estimate of drug-likeness (QED) is 0.338. The molecule has 1 aromatic heterocycles. The Bertz CT molecular complexity index is 1540. The third kappa shape index (κ3) is 3.47. The summed E-state index contributed by atoms with van der Waals surface area (Å²) in [5.41, 5.74) is 5.45. The van der Waals surface area contributed by atoms with E-state index in [2.05, 4.69) is 84.4 Å². The Hall–Kier alpha value is -4.03. The molecule has 3 unspecified atom stereocenters. The number of likely N-dealkylation sites (N-methyl/N-ethyl adjacent to an activating group) is 1. The first-order chi connectivity index (χ1) is 18.5. The summed E-state index contributed by atoms with van der Waals surface area (Å²) in [7, 11) is 4.10. The third-order valence-electron chi connectivity index (χ3n) is 8.69. The molecule has 0 N–H and O–H groups in total. The number of hydrogen-bond acceptors (Lipinski definition) is 3. The molecule has 6 heteroatoms. The Labute approximate surface area is 223 Å². The molecule has 0 spiro atoms. The summed E-state index contributed by atoms with van der Waals surface area (Å²) in [6.07, 6.45) is 4.03. The Morgan fingerprint density at radius 1 is 0.868 bits per heavy atom. The van der Waals surface area contributed by atoms with Crippen LogP contribution in [0.5, 0.6) is 0 Å². The second-order valence-corrected chi connectivity index (χ2v) is 10.9. The normalized spacial score (nSPS) is 23.7. The van der Waals surface area contributed by atoms with Crippen LogP contribution in [0.2, 0.25) is 0 Å². The van der Waals surface area contributed by atoms with E-state index in [-0.39, 0.29) is 11.9 Å². The number of benzene rings is 3. The fourth-order valence-electron chi connectivity index (χ4n) is 6.71. The molecule has 3 heterocycles. The van der Waals surface area contributed by atoms with Crippen molar-refractivity contribution < 1.29 is 4.79 Å². The van der Waals surface area contributed by atoms with Crippen molar-refractivity contribution in [3.05, 3.63) is 108 Å². The van der Waals surface area contributed by atoms with E-state index in [1.54, 1.807) is 4.90 Å². The van der Waals surface area contributed by atoms with E-state index in [1.165, 1.54) is 23.1 Å². The van der Waals surface area contributed by atoms with Gasteiger partial charge in [-0.15, -0.1) is 0 Å². The number of aliphatic imine (C=N–C) groups is 1. The number of carbonyl (C=O) groups is 1. The molecule has 1 aliphatic carbocycles. The number of rotatable bonds is 5. The fourth-order valence-corrected chi connectivity index (χ4v) is 6.71. The number of quaternary nitrogens is 1. The largest absolute Gasteiger partial charge is 0.314 e. The van der Waals surface area contributed by atoms with Crippen molar-refractivity contribution in [3.8, 4) is 11.1 Å². The van der Waals surface area contributed by atoms with E-state index < -0.39 is 0 Å². The van der Waals surface area contributed by atoms with Gasteiger partial charge in [0.05, 0.1) is 7.05 Å². The molecular formula is C32H32N5O+. The second-order valence-electron chi connectivity index (χ2n) is 10.9. The van der Waals surface area contributed by atoms with Crippen LogP contribution in [0.25, 0.3) is 11.1 Å². The van der Waals surface area contributed by atoms with Crippen LogP contribution >= 0.6 is 0 Å². The molecule has 190 valence electrons. The summed E-state index contributed by atoms with van der Waals surface area (Å²) < 4.78 is 2.70. The zero-order chi connectivity index (χ0) is 25.9. The van der Waals surface area contributed by atoms with Gasteiger partial charge in [-0.2, -0.15) is 4.98 Å². The monoisotopic (exact) mass is 502 g/mol. The van der Waals surface area contributed by atoms with Crippen LogP contribution in [-0.2, 0) is 13.0 Å². The summed E-state index contributed by atoms with van der Waals surface area (Å²) in [5.74, 6) is 2.63. The molecule has 3 aromatic carbocycles.